The Balaban J connectivity index is 3.06. The van der Waals surface area contributed by atoms with Gasteiger partial charge in [-0.25, -0.2) is 0 Å². The maximum atomic E-state index is 12.6. The Bertz CT molecular complexity index is 444. The Morgan fingerprint density at radius 2 is 2.10 bits per heavy atom. The van der Waals surface area contributed by atoms with Crippen molar-refractivity contribution < 1.29 is 9.90 Å². The number of hydrogen-bond donors (Lipinski definition) is 2. The molecule has 0 saturated carbocycles. The molecule has 1 rings (SSSR count). The van der Waals surface area contributed by atoms with Crippen LogP contribution in [0.3, 0.4) is 0 Å². The van der Waals surface area contributed by atoms with Crippen LogP contribution < -0.4 is 5.32 Å². The minimum atomic E-state index is -0.0346. The van der Waals surface area contributed by atoms with E-state index in [1.54, 1.807) is 4.90 Å². The van der Waals surface area contributed by atoms with Gasteiger partial charge in [-0.1, -0.05) is 13.0 Å². The second-order valence-electron chi connectivity index (χ2n) is 5.29. The fraction of sp³-hybridized carbons (Fsp3) is 0.562. The van der Waals surface area contributed by atoms with Crippen molar-refractivity contribution in [1.29, 1.82) is 0 Å². The largest absolute Gasteiger partial charge is 0.395 e. The zero-order valence-electron chi connectivity index (χ0n) is 12.9. The number of hydrogen-bond acceptors (Lipinski definition) is 3. The summed E-state index contributed by atoms with van der Waals surface area (Å²) in [5.74, 6) is -0.0346. The van der Waals surface area contributed by atoms with Gasteiger partial charge in [0, 0.05) is 24.8 Å². The van der Waals surface area contributed by atoms with E-state index < -0.39 is 0 Å². The van der Waals surface area contributed by atoms with Gasteiger partial charge in [0.2, 0.25) is 0 Å². The topological polar surface area (TPSA) is 52.6 Å². The molecule has 0 aliphatic carbocycles. The number of rotatable bonds is 7. The Hall–Kier alpha value is -1.55. The minimum absolute atomic E-state index is 0.0203. The predicted molar refractivity (Wildman–Crippen MR) is 83.2 cm³/mol. The molecule has 1 aromatic rings. The second kappa shape index (κ2) is 7.90. The van der Waals surface area contributed by atoms with Gasteiger partial charge in [0.25, 0.3) is 5.91 Å². The maximum absolute atomic E-state index is 12.6. The van der Waals surface area contributed by atoms with Crippen molar-refractivity contribution in [2.75, 3.05) is 25.0 Å². The van der Waals surface area contributed by atoms with E-state index in [-0.39, 0.29) is 18.6 Å². The highest BCUT2D eigenvalue weighted by atomic mass is 16.3. The summed E-state index contributed by atoms with van der Waals surface area (Å²) in [6.07, 6.45) is 1.01. The summed E-state index contributed by atoms with van der Waals surface area (Å²) in [5.41, 5.74) is 2.67. The molecule has 0 radical (unpaired) electrons. The van der Waals surface area contributed by atoms with Crippen LogP contribution in [0.25, 0.3) is 0 Å². The van der Waals surface area contributed by atoms with Crippen molar-refractivity contribution in [3.63, 3.8) is 0 Å². The van der Waals surface area contributed by atoms with Crippen LogP contribution >= 0.6 is 0 Å². The van der Waals surface area contributed by atoms with Crippen molar-refractivity contribution in [1.82, 2.24) is 4.90 Å². The van der Waals surface area contributed by atoms with Crippen LogP contribution in [0.2, 0.25) is 0 Å². The summed E-state index contributed by atoms with van der Waals surface area (Å²) in [4.78, 5) is 14.3. The molecule has 1 aromatic carbocycles. The molecule has 4 heteroatoms. The van der Waals surface area contributed by atoms with Gasteiger partial charge >= 0.3 is 0 Å². The summed E-state index contributed by atoms with van der Waals surface area (Å²) in [6, 6.07) is 5.87. The predicted octanol–water partition coefficient (Wildman–Crippen LogP) is 2.66. The molecule has 2 N–H and O–H groups in total. The molecule has 0 atom stereocenters. The fourth-order valence-corrected chi connectivity index (χ4v) is 2.11. The van der Waals surface area contributed by atoms with Crippen LogP contribution in [-0.4, -0.2) is 41.7 Å². The number of benzene rings is 1. The number of aryl methyl sites for hydroxylation is 1. The van der Waals surface area contributed by atoms with Crippen molar-refractivity contribution in [2.45, 2.75) is 40.2 Å². The van der Waals surface area contributed by atoms with Gasteiger partial charge in [-0.2, -0.15) is 0 Å². The molecule has 0 aromatic heterocycles. The van der Waals surface area contributed by atoms with E-state index >= 15 is 0 Å². The quantitative estimate of drug-likeness (QED) is 0.806. The van der Waals surface area contributed by atoms with E-state index in [0.29, 0.717) is 12.1 Å². The molecule has 0 aliphatic heterocycles. The molecule has 0 aliphatic rings. The van der Waals surface area contributed by atoms with Crippen LogP contribution in [0.4, 0.5) is 5.69 Å². The Morgan fingerprint density at radius 3 is 2.65 bits per heavy atom. The lowest BCUT2D eigenvalue weighted by atomic mass is 10.1. The highest BCUT2D eigenvalue weighted by Gasteiger charge is 2.20. The SMILES string of the molecule is CCCNc1cc(C)ccc1C(=O)N(CCO)C(C)C. The summed E-state index contributed by atoms with van der Waals surface area (Å²) < 4.78 is 0. The maximum Gasteiger partial charge on any atom is 0.256 e. The number of nitrogens with zero attached hydrogens (tertiary/aromatic N) is 1. The number of carbonyl (C=O) groups is 1. The normalized spacial score (nSPS) is 10.7. The van der Waals surface area contributed by atoms with Crippen molar-refractivity contribution in [2.24, 2.45) is 0 Å². The zero-order chi connectivity index (χ0) is 15.1. The monoisotopic (exact) mass is 278 g/mol. The molecule has 112 valence electrons. The van der Waals surface area contributed by atoms with Gasteiger partial charge in [-0.3, -0.25) is 4.79 Å². The lowest BCUT2D eigenvalue weighted by molar-refractivity contribution is 0.0666. The summed E-state index contributed by atoms with van der Waals surface area (Å²) >= 11 is 0. The number of aliphatic hydroxyl groups is 1. The number of carbonyl (C=O) groups excluding carboxylic acids is 1. The van der Waals surface area contributed by atoms with Gasteiger partial charge in [0.05, 0.1) is 12.2 Å². The fourth-order valence-electron chi connectivity index (χ4n) is 2.11. The van der Waals surface area contributed by atoms with Gasteiger partial charge in [-0.15, -0.1) is 0 Å². The number of anilines is 1. The molecule has 0 heterocycles. The summed E-state index contributed by atoms with van der Waals surface area (Å²) in [6.45, 7) is 9.20. The van der Waals surface area contributed by atoms with Crippen LogP contribution in [0.5, 0.6) is 0 Å². The third kappa shape index (κ3) is 4.23. The molecule has 1 amide bonds. The molecular formula is C16H26N2O2. The van der Waals surface area contributed by atoms with E-state index in [2.05, 4.69) is 12.2 Å². The van der Waals surface area contributed by atoms with Crippen LogP contribution in [0, 0.1) is 6.92 Å². The summed E-state index contributed by atoms with van der Waals surface area (Å²) in [5, 5.41) is 12.4. The first-order valence-corrected chi connectivity index (χ1v) is 7.27. The molecule has 0 saturated heterocycles. The minimum Gasteiger partial charge on any atom is -0.395 e. The van der Waals surface area contributed by atoms with Crippen LogP contribution in [-0.2, 0) is 0 Å². The third-order valence-electron chi connectivity index (χ3n) is 3.20. The average molecular weight is 278 g/mol. The van der Waals surface area contributed by atoms with E-state index in [1.165, 1.54) is 0 Å². The lowest BCUT2D eigenvalue weighted by Crippen LogP contribution is -2.39. The number of amides is 1. The molecule has 4 nitrogen and oxygen atoms in total. The van der Waals surface area contributed by atoms with E-state index in [4.69, 9.17) is 5.11 Å². The lowest BCUT2D eigenvalue weighted by Gasteiger charge is -2.27. The highest BCUT2D eigenvalue weighted by molar-refractivity contribution is 6.00. The standard InChI is InChI=1S/C16H26N2O2/c1-5-8-17-15-11-13(4)6-7-14(15)16(20)18(9-10-19)12(2)3/h6-7,11-12,17,19H,5,8-10H2,1-4H3. The number of aliphatic hydroxyl groups excluding tert-OH is 1. The van der Waals surface area contributed by atoms with Crippen LogP contribution in [0.1, 0.15) is 43.1 Å². The average Bonchev–Trinajstić information content (AvgIpc) is 2.41. The second-order valence-corrected chi connectivity index (χ2v) is 5.29. The molecule has 0 unspecified atom stereocenters. The van der Waals surface area contributed by atoms with Crippen molar-refractivity contribution in [3.8, 4) is 0 Å². The molecule has 0 fully saturated rings. The third-order valence-corrected chi connectivity index (χ3v) is 3.20. The van der Waals surface area contributed by atoms with Crippen molar-refractivity contribution >= 4 is 11.6 Å². The Morgan fingerprint density at radius 1 is 1.40 bits per heavy atom. The molecule has 0 bridgehead atoms. The van der Waals surface area contributed by atoms with Gasteiger partial charge < -0.3 is 15.3 Å². The van der Waals surface area contributed by atoms with E-state index in [1.807, 2.05) is 39.0 Å². The zero-order valence-corrected chi connectivity index (χ0v) is 12.9. The first-order valence-electron chi connectivity index (χ1n) is 7.27. The molecule has 20 heavy (non-hydrogen) atoms. The van der Waals surface area contributed by atoms with E-state index in [9.17, 15) is 4.79 Å². The molecule has 0 spiro atoms. The van der Waals surface area contributed by atoms with Gasteiger partial charge in [0.1, 0.15) is 0 Å². The summed E-state index contributed by atoms with van der Waals surface area (Å²) in [7, 11) is 0. The Kier molecular flexibility index (Phi) is 6.52. The van der Waals surface area contributed by atoms with Crippen LogP contribution in [0.15, 0.2) is 18.2 Å². The van der Waals surface area contributed by atoms with E-state index in [0.717, 1.165) is 24.2 Å². The highest BCUT2D eigenvalue weighted by Crippen LogP contribution is 2.20. The van der Waals surface area contributed by atoms with Crippen molar-refractivity contribution in [3.05, 3.63) is 29.3 Å². The number of nitrogens with one attached hydrogen (secondary N) is 1. The first kappa shape index (κ1) is 16.5. The smallest absolute Gasteiger partial charge is 0.256 e. The Labute approximate surface area is 121 Å². The van der Waals surface area contributed by atoms with Gasteiger partial charge in [0.15, 0.2) is 0 Å². The van der Waals surface area contributed by atoms with Gasteiger partial charge in [-0.05, 0) is 44.9 Å². The first-order chi connectivity index (χ1) is 9.51. The molecular weight excluding hydrogens is 252 g/mol.